The van der Waals surface area contributed by atoms with Crippen molar-refractivity contribution in [2.45, 2.75) is 13.3 Å². The van der Waals surface area contributed by atoms with Crippen LogP contribution in [0.5, 0.6) is 5.75 Å². The summed E-state index contributed by atoms with van der Waals surface area (Å²) < 4.78 is 9.97. The normalized spacial score (nSPS) is 11.8. The monoisotopic (exact) mass is 381 g/mol. The molecule has 0 saturated carbocycles. The van der Waals surface area contributed by atoms with Gasteiger partial charge in [-0.3, -0.25) is 9.59 Å². The first-order chi connectivity index (χ1) is 13.5. The van der Waals surface area contributed by atoms with Gasteiger partial charge in [0.1, 0.15) is 5.75 Å². The average molecular weight is 381 g/mol. The van der Waals surface area contributed by atoms with E-state index in [4.69, 9.17) is 9.47 Å². The maximum absolute atomic E-state index is 12.8. The van der Waals surface area contributed by atoms with Gasteiger partial charge < -0.3 is 14.4 Å². The maximum Gasteiger partial charge on any atom is 0.310 e. The molecule has 0 aliphatic heterocycles. The molecule has 1 amide bonds. The summed E-state index contributed by atoms with van der Waals surface area (Å²) in [6.45, 7) is 2.58. The van der Waals surface area contributed by atoms with Gasteiger partial charge >= 0.3 is 5.97 Å². The number of carbonyl (C=O) groups excluding carboxylic acids is 2. The lowest BCUT2D eigenvalue weighted by Crippen LogP contribution is -2.37. The summed E-state index contributed by atoms with van der Waals surface area (Å²) >= 11 is 0. The van der Waals surface area contributed by atoms with E-state index in [-0.39, 0.29) is 11.9 Å². The second-order valence-electron chi connectivity index (χ2n) is 6.55. The van der Waals surface area contributed by atoms with Crippen molar-refractivity contribution in [3.05, 3.63) is 71.8 Å². The Kier molecular flexibility index (Phi) is 8.28. The van der Waals surface area contributed by atoms with Crippen LogP contribution in [0.2, 0.25) is 0 Å². The summed E-state index contributed by atoms with van der Waals surface area (Å²) in [5.74, 6) is -0.0564. The molecule has 5 nitrogen and oxygen atoms in total. The zero-order valence-electron chi connectivity index (χ0n) is 16.6. The Hall–Kier alpha value is -3.08. The molecule has 0 aliphatic rings. The third-order valence-corrected chi connectivity index (χ3v) is 4.46. The number of hydrogen-bond acceptors (Lipinski definition) is 4. The number of rotatable bonds is 9. The van der Waals surface area contributed by atoms with E-state index in [1.807, 2.05) is 54.6 Å². The van der Waals surface area contributed by atoms with E-state index in [1.165, 1.54) is 7.11 Å². The summed E-state index contributed by atoms with van der Waals surface area (Å²) in [4.78, 5) is 26.2. The molecular weight excluding hydrogens is 354 g/mol. The SMILES string of the molecule is COC(=O)C(C)CN(CCc1ccc(OC)cc1)C(=O)/C=C/c1ccccc1. The Balaban J connectivity index is 2.07. The minimum Gasteiger partial charge on any atom is -0.497 e. The van der Waals surface area contributed by atoms with Crippen LogP contribution in [0, 0.1) is 5.92 Å². The first-order valence-corrected chi connectivity index (χ1v) is 9.26. The van der Waals surface area contributed by atoms with E-state index in [9.17, 15) is 9.59 Å². The van der Waals surface area contributed by atoms with Crippen LogP contribution in [0.4, 0.5) is 0 Å². The molecule has 0 radical (unpaired) electrons. The van der Waals surface area contributed by atoms with E-state index in [2.05, 4.69) is 0 Å². The lowest BCUT2D eigenvalue weighted by atomic mass is 10.1. The number of methoxy groups -OCH3 is 2. The van der Waals surface area contributed by atoms with Crippen LogP contribution in [0.25, 0.3) is 6.08 Å². The Bertz CT molecular complexity index is 784. The average Bonchev–Trinajstić information content (AvgIpc) is 2.75. The topological polar surface area (TPSA) is 55.8 Å². The first-order valence-electron chi connectivity index (χ1n) is 9.26. The Morgan fingerprint density at radius 1 is 1.04 bits per heavy atom. The van der Waals surface area contributed by atoms with Crippen molar-refractivity contribution in [2.24, 2.45) is 5.92 Å². The highest BCUT2D eigenvalue weighted by molar-refractivity contribution is 5.92. The van der Waals surface area contributed by atoms with Crippen LogP contribution in [0.1, 0.15) is 18.1 Å². The van der Waals surface area contributed by atoms with Gasteiger partial charge in [-0.25, -0.2) is 0 Å². The molecule has 0 N–H and O–H groups in total. The second-order valence-corrected chi connectivity index (χ2v) is 6.55. The largest absolute Gasteiger partial charge is 0.497 e. The fourth-order valence-corrected chi connectivity index (χ4v) is 2.79. The predicted molar refractivity (Wildman–Crippen MR) is 110 cm³/mol. The Morgan fingerprint density at radius 3 is 2.32 bits per heavy atom. The number of amides is 1. The fraction of sp³-hybridized carbons (Fsp3) is 0.304. The lowest BCUT2D eigenvalue weighted by Gasteiger charge is -2.24. The molecule has 2 rings (SSSR count). The van der Waals surface area contributed by atoms with Crippen LogP contribution in [0.15, 0.2) is 60.7 Å². The van der Waals surface area contributed by atoms with Gasteiger partial charge in [-0.05, 0) is 35.8 Å². The van der Waals surface area contributed by atoms with Crippen molar-refractivity contribution in [3.8, 4) is 5.75 Å². The van der Waals surface area contributed by atoms with Gasteiger partial charge in [-0.2, -0.15) is 0 Å². The third-order valence-electron chi connectivity index (χ3n) is 4.46. The lowest BCUT2D eigenvalue weighted by molar-refractivity contribution is -0.146. The summed E-state index contributed by atoms with van der Waals surface area (Å²) in [6, 6.07) is 17.4. The van der Waals surface area contributed by atoms with Crippen molar-refractivity contribution in [2.75, 3.05) is 27.3 Å². The van der Waals surface area contributed by atoms with Gasteiger partial charge in [-0.1, -0.05) is 49.4 Å². The number of ether oxygens (including phenoxy) is 2. The number of nitrogens with zero attached hydrogens (tertiary/aromatic N) is 1. The van der Waals surface area contributed by atoms with E-state index >= 15 is 0 Å². The van der Waals surface area contributed by atoms with Crippen molar-refractivity contribution >= 4 is 18.0 Å². The zero-order valence-corrected chi connectivity index (χ0v) is 16.6. The molecule has 0 aromatic heterocycles. The van der Waals surface area contributed by atoms with Gasteiger partial charge in [-0.15, -0.1) is 0 Å². The van der Waals surface area contributed by atoms with Crippen molar-refractivity contribution in [3.63, 3.8) is 0 Å². The standard InChI is InChI=1S/C23H27NO4/c1-18(23(26)28-3)17-24(16-15-20-9-12-21(27-2)13-10-20)22(25)14-11-19-7-5-4-6-8-19/h4-14,18H,15-17H2,1-3H3/b14-11+. The number of esters is 1. The van der Waals surface area contributed by atoms with E-state index < -0.39 is 5.92 Å². The van der Waals surface area contributed by atoms with Crippen LogP contribution < -0.4 is 4.74 Å². The van der Waals surface area contributed by atoms with Crippen LogP contribution in [0.3, 0.4) is 0 Å². The fourth-order valence-electron chi connectivity index (χ4n) is 2.79. The van der Waals surface area contributed by atoms with Crippen molar-refractivity contribution in [1.82, 2.24) is 4.90 Å². The molecule has 5 heteroatoms. The van der Waals surface area contributed by atoms with Crippen LogP contribution in [-0.2, 0) is 20.7 Å². The first kappa shape index (κ1) is 21.2. The van der Waals surface area contributed by atoms with E-state index in [0.29, 0.717) is 19.5 Å². The molecule has 0 fully saturated rings. The molecule has 28 heavy (non-hydrogen) atoms. The van der Waals surface area contributed by atoms with E-state index in [0.717, 1.165) is 16.9 Å². The van der Waals surface area contributed by atoms with Gasteiger partial charge in [0, 0.05) is 19.2 Å². The molecule has 0 saturated heterocycles. The summed E-state index contributed by atoms with van der Waals surface area (Å²) in [5, 5.41) is 0. The Morgan fingerprint density at radius 2 is 1.71 bits per heavy atom. The van der Waals surface area contributed by atoms with Crippen LogP contribution >= 0.6 is 0 Å². The third kappa shape index (κ3) is 6.58. The molecule has 148 valence electrons. The van der Waals surface area contributed by atoms with Crippen molar-refractivity contribution < 1.29 is 19.1 Å². The number of carbonyl (C=O) groups is 2. The molecule has 0 heterocycles. The number of benzene rings is 2. The van der Waals surface area contributed by atoms with Crippen molar-refractivity contribution in [1.29, 1.82) is 0 Å². The van der Waals surface area contributed by atoms with Gasteiger partial charge in [0.2, 0.25) is 5.91 Å². The van der Waals surface area contributed by atoms with Crippen LogP contribution in [-0.4, -0.2) is 44.1 Å². The minimum atomic E-state index is -0.394. The molecule has 0 bridgehead atoms. The predicted octanol–water partition coefficient (Wildman–Crippen LogP) is 3.59. The van der Waals surface area contributed by atoms with Gasteiger partial charge in [0.25, 0.3) is 0 Å². The van der Waals surface area contributed by atoms with Gasteiger partial charge in [0.05, 0.1) is 20.1 Å². The van der Waals surface area contributed by atoms with Gasteiger partial charge in [0.15, 0.2) is 0 Å². The maximum atomic E-state index is 12.8. The molecule has 2 aromatic rings. The Labute approximate surface area is 166 Å². The second kappa shape index (κ2) is 10.9. The summed E-state index contributed by atoms with van der Waals surface area (Å²) in [6.07, 6.45) is 4.02. The zero-order chi connectivity index (χ0) is 20.4. The number of hydrogen-bond donors (Lipinski definition) is 0. The minimum absolute atomic E-state index is 0.131. The highest BCUT2D eigenvalue weighted by Crippen LogP contribution is 2.13. The highest BCUT2D eigenvalue weighted by Gasteiger charge is 2.20. The highest BCUT2D eigenvalue weighted by atomic mass is 16.5. The molecular formula is C23H27NO4. The molecule has 0 aliphatic carbocycles. The summed E-state index contributed by atoms with van der Waals surface area (Å²) in [7, 11) is 2.99. The molecule has 1 atom stereocenters. The molecule has 0 spiro atoms. The molecule has 1 unspecified atom stereocenters. The molecule has 2 aromatic carbocycles. The summed E-state index contributed by atoms with van der Waals surface area (Å²) in [5.41, 5.74) is 2.04. The quantitative estimate of drug-likeness (QED) is 0.492. The van der Waals surface area contributed by atoms with E-state index in [1.54, 1.807) is 31.1 Å². The smallest absolute Gasteiger partial charge is 0.310 e.